The fourth-order valence-electron chi connectivity index (χ4n) is 3.20. The molecule has 4 heterocycles. The van der Waals surface area contributed by atoms with Crippen LogP contribution < -0.4 is 11.5 Å². The van der Waals surface area contributed by atoms with Crippen molar-refractivity contribution in [1.82, 2.24) is 9.88 Å². The number of carbonyl (C=O) groups excluding carboxylic acids is 1. The van der Waals surface area contributed by atoms with E-state index in [2.05, 4.69) is 11.0 Å². The smallest absolute Gasteiger partial charge is 0.260 e. The molecule has 0 fully saturated rings. The first kappa shape index (κ1) is 15.5. The molecule has 3 aromatic rings. The van der Waals surface area contributed by atoms with Crippen molar-refractivity contribution in [3.05, 3.63) is 33.6 Å². The van der Waals surface area contributed by atoms with Crippen LogP contribution in [0.2, 0.25) is 0 Å². The van der Waals surface area contributed by atoms with Crippen molar-refractivity contribution in [2.24, 2.45) is 5.73 Å². The predicted molar refractivity (Wildman–Crippen MR) is 97.1 cm³/mol. The number of carbonyl (C=O) groups is 1. The summed E-state index contributed by atoms with van der Waals surface area (Å²) >= 11 is 2.89. The van der Waals surface area contributed by atoms with Gasteiger partial charge >= 0.3 is 0 Å². The van der Waals surface area contributed by atoms with Crippen molar-refractivity contribution >= 4 is 44.5 Å². The lowest BCUT2D eigenvalue weighted by molar-refractivity contribution is 0.100. The Labute approximate surface area is 146 Å². The summed E-state index contributed by atoms with van der Waals surface area (Å²) in [5, 5.41) is 12.1. The number of nitrogen functional groups attached to an aromatic ring is 1. The quantitative estimate of drug-likeness (QED) is 0.660. The maximum absolute atomic E-state index is 11.7. The number of aliphatic hydroxyl groups is 1. The number of fused-ring (bicyclic) bond motifs is 2. The number of amides is 1. The molecule has 0 spiro atoms. The summed E-state index contributed by atoms with van der Waals surface area (Å²) in [5.41, 5.74) is 15.3. The first-order valence-electron chi connectivity index (χ1n) is 7.50. The second-order valence-electron chi connectivity index (χ2n) is 5.71. The molecular weight excluding hydrogens is 344 g/mol. The van der Waals surface area contributed by atoms with E-state index in [1.54, 1.807) is 11.3 Å². The summed E-state index contributed by atoms with van der Waals surface area (Å²) in [6, 6.07) is 4.05. The van der Waals surface area contributed by atoms with Gasteiger partial charge in [0.05, 0.1) is 18.0 Å². The molecule has 0 saturated carbocycles. The van der Waals surface area contributed by atoms with Gasteiger partial charge in [-0.2, -0.15) is 0 Å². The van der Waals surface area contributed by atoms with Crippen molar-refractivity contribution < 1.29 is 9.90 Å². The molecule has 6 nitrogen and oxygen atoms in total. The number of β-amino-alcohol motifs (C(OH)–C–C–N with tert-alkyl or cyclic N) is 1. The van der Waals surface area contributed by atoms with E-state index in [1.807, 2.05) is 11.4 Å². The van der Waals surface area contributed by atoms with Gasteiger partial charge in [-0.1, -0.05) is 6.07 Å². The molecule has 3 aromatic heterocycles. The normalized spacial score (nSPS) is 14.4. The Bertz CT molecular complexity index is 934. The van der Waals surface area contributed by atoms with E-state index in [0.717, 1.165) is 31.9 Å². The number of aliphatic hydroxyl groups excluding tert-OH is 1. The van der Waals surface area contributed by atoms with Gasteiger partial charge in [0.25, 0.3) is 5.91 Å². The van der Waals surface area contributed by atoms with E-state index in [1.165, 1.54) is 11.3 Å². The summed E-state index contributed by atoms with van der Waals surface area (Å²) in [5.74, 6) is -0.519. The van der Waals surface area contributed by atoms with E-state index in [9.17, 15) is 9.90 Å². The summed E-state index contributed by atoms with van der Waals surface area (Å²) < 4.78 is 0. The maximum atomic E-state index is 11.7. The Morgan fingerprint density at radius 1 is 1.42 bits per heavy atom. The van der Waals surface area contributed by atoms with E-state index in [0.29, 0.717) is 30.2 Å². The fourth-order valence-corrected chi connectivity index (χ4v) is 4.98. The number of hydrogen-bond donors (Lipinski definition) is 3. The minimum Gasteiger partial charge on any atom is -0.397 e. The van der Waals surface area contributed by atoms with Crippen molar-refractivity contribution in [3.8, 4) is 10.4 Å². The predicted octanol–water partition coefficient (Wildman–Crippen LogP) is 2.01. The Hall–Kier alpha value is -2.00. The highest BCUT2D eigenvalue weighted by atomic mass is 32.1. The average Bonchev–Trinajstić information content (AvgIpc) is 3.24. The van der Waals surface area contributed by atoms with Crippen LogP contribution in [0.4, 0.5) is 5.69 Å². The lowest BCUT2D eigenvalue weighted by Gasteiger charge is -2.12. The molecule has 0 saturated heterocycles. The van der Waals surface area contributed by atoms with Crippen LogP contribution in [0, 0.1) is 0 Å². The monoisotopic (exact) mass is 360 g/mol. The summed E-state index contributed by atoms with van der Waals surface area (Å²) in [7, 11) is 0. The highest BCUT2D eigenvalue weighted by Crippen LogP contribution is 2.45. The maximum Gasteiger partial charge on any atom is 0.260 e. The summed E-state index contributed by atoms with van der Waals surface area (Å²) in [6.07, 6.45) is 0. The third-order valence-corrected chi connectivity index (χ3v) is 6.23. The van der Waals surface area contributed by atoms with Crippen LogP contribution in [-0.2, 0) is 13.1 Å². The van der Waals surface area contributed by atoms with Gasteiger partial charge in [-0.05, 0) is 17.0 Å². The van der Waals surface area contributed by atoms with Crippen molar-refractivity contribution in [2.45, 2.75) is 13.1 Å². The van der Waals surface area contributed by atoms with E-state index in [-0.39, 0.29) is 6.61 Å². The zero-order chi connectivity index (χ0) is 16.8. The minimum atomic E-state index is -0.519. The standard InChI is InChI=1S/C16H16N4O2S2/c17-13-12-11(10-2-1-5-23-10)8-6-20(3-4-21)7-9(8)19-16(12)24-14(13)15(18)22/h1-2,5,21H,3-4,6-7,17H2,(H2,18,22). The third-order valence-electron chi connectivity index (χ3n) is 4.23. The van der Waals surface area contributed by atoms with E-state index >= 15 is 0 Å². The average molecular weight is 360 g/mol. The molecule has 0 unspecified atom stereocenters. The highest BCUT2D eigenvalue weighted by Gasteiger charge is 2.29. The number of anilines is 1. The molecule has 5 N–H and O–H groups in total. The zero-order valence-electron chi connectivity index (χ0n) is 12.8. The lowest BCUT2D eigenvalue weighted by Crippen LogP contribution is -2.20. The molecule has 1 amide bonds. The largest absolute Gasteiger partial charge is 0.397 e. The zero-order valence-corrected chi connectivity index (χ0v) is 14.4. The van der Waals surface area contributed by atoms with Gasteiger partial charge in [-0.25, -0.2) is 4.98 Å². The van der Waals surface area contributed by atoms with Crippen molar-refractivity contribution in [3.63, 3.8) is 0 Å². The molecule has 1 aliphatic rings. The first-order chi connectivity index (χ1) is 11.6. The van der Waals surface area contributed by atoms with Crippen LogP contribution in [0.5, 0.6) is 0 Å². The number of nitrogens with two attached hydrogens (primary N) is 2. The molecule has 0 atom stereocenters. The van der Waals surface area contributed by atoms with Gasteiger partial charge < -0.3 is 16.6 Å². The second kappa shape index (κ2) is 5.82. The molecule has 0 aliphatic carbocycles. The molecule has 4 rings (SSSR count). The SMILES string of the molecule is NC(=O)c1sc2nc3c(c(-c4cccs4)c2c1N)CN(CCO)C3. The molecule has 0 bridgehead atoms. The Balaban J connectivity index is 2.00. The number of primary amides is 1. The van der Waals surface area contributed by atoms with Crippen molar-refractivity contribution in [2.75, 3.05) is 18.9 Å². The van der Waals surface area contributed by atoms with Crippen LogP contribution in [0.25, 0.3) is 20.7 Å². The highest BCUT2D eigenvalue weighted by molar-refractivity contribution is 7.21. The molecular formula is C16H16N4O2S2. The third kappa shape index (κ3) is 2.30. The Morgan fingerprint density at radius 2 is 2.25 bits per heavy atom. The van der Waals surface area contributed by atoms with Gasteiger partial charge in [-0.3, -0.25) is 9.69 Å². The van der Waals surface area contributed by atoms with Crippen LogP contribution in [-0.4, -0.2) is 34.0 Å². The Kier molecular flexibility index (Phi) is 3.76. The van der Waals surface area contributed by atoms with Crippen LogP contribution >= 0.6 is 22.7 Å². The summed E-state index contributed by atoms with van der Waals surface area (Å²) in [6.45, 7) is 2.13. The van der Waals surface area contributed by atoms with Crippen LogP contribution in [0.3, 0.4) is 0 Å². The lowest BCUT2D eigenvalue weighted by atomic mass is 10.0. The van der Waals surface area contributed by atoms with Gasteiger partial charge in [0.1, 0.15) is 9.71 Å². The summed E-state index contributed by atoms with van der Waals surface area (Å²) in [4.78, 5) is 20.8. The second-order valence-corrected chi connectivity index (χ2v) is 7.66. The number of rotatable bonds is 4. The molecule has 8 heteroatoms. The number of nitrogens with zero attached hydrogens (tertiary/aromatic N) is 2. The molecule has 0 aromatic carbocycles. The van der Waals surface area contributed by atoms with Crippen molar-refractivity contribution in [1.29, 1.82) is 0 Å². The first-order valence-corrected chi connectivity index (χ1v) is 9.20. The molecule has 24 heavy (non-hydrogen) atoms. The number of pyridine rings is 1. The molecule has 0 radical (unpaired) electrons. The van der Waals surface area contributed by atoms with Gasteiger partial charge in [0.15, 0.2) is 0 Å². The van der Waals surface area contributed by atoms with Gasteiger partial charge in [-0.15, -0.1) is 22.7 Å². The van der Waals surface area contributed by atoms with Crippen LogP contribution in [0.1, 0.15) is 20.9 Å². The van der Waals surface area contributed by atoms with Gasteiger partial charge in [0, 0.05) is 35.5 Å². The topological polar surface area (TPSA) is 105 Å². The fraction of sp³-hybridized carbons (Fsp3) is 0.250. The van der Waals surface area contributed by atoms with E-state index < -0.39 is 5.91 Å². The minimum absolute atomic E-state index is 0.116. The van der Waals surface area contributed by atoms with Gasteiger partial charge in [0.2, 0.25) is 0 Å². The Morgan fingerprint density at radius 3 is 2.92 bits per heavy atom. The van der Waals surface area contributed by atoms with E-state index in [4.69, 9.17) is 16.5 Å². The molecule has 124 valence electrons. The molecule has 1 aliphatic heterocycles. The number of hydrogen-bond acceptors (Lipinski definition) is 7. The van der Waals surface area contributed by atoms with Crippen LogP contribution in [0.15, 0.2) is 17.5 Å². The number of thiophene rings is 2. The number of aromatic nitrogens is 1.